The fourth-order valence-electron chi connectivity index (χ4n) is 1.96. The molecule has 0 spiro atoms. The number of aliphatic hydroxyl groups excluding tert-OH is 1. The first-order valence-electron chi connectivity index (χ1n) is 5.38. The molecule has 1 N–H and O–H groups in total. The third-order valence-electron chi connectivity index (χ3n) is 2.64. The van der Waals surface area contributed by atoms with Crippen LogP contribution in [0.2, 0.25) is 0 Å². The van der Waals surface area contributed by atoms with E-state index in [0.29, 0.717) is 19.6 Å². The zero-order valence-electron chi connectivity index (χ0n) is 8.95. The summed E-state index contributed by atoms with van der Waals surface area (Å²) in [6.45, 7) is 3.50. The Balaban J connectivity index is 2.42. The van der Waals surface area contributed by atoms with Gasteiger partial charge in [0.2, 0.25) is 0 Å². The highest BCUT2D eigenvalue weighted by molar-refractivity contribution is 5.51. The van der Waals surface area contributed by atoms with Crippen molar-refractivity contribution in [1.29, 1.82) is 0 Å². The second kappa shape index (κ2) is 4.53. The molecule has 82 valence electrons. The smallest absolute Gasteiger partial charge is 0.164 e. The third kappa shape index (κ3) is 1.92. The van der Waals surface area contributed by atoms with Gasteiger partial charge >= 0.3 is 0 Å². The van der Waals surface area contributed by atoms with Gasteiger partial charge in [0.1, 0.15) is 13.2 Å². The summed E-state index contributed by atoms with van der Waals surface area (Å²) in [5.41, 5.74) is 2.32. The molecule has 0 amide bonds. The van der Waals surface area contributed by atoms with E-state index in [1.54, 1.807) is 0 Å². The van der Waals surface area contributed by atoms with E-state index in [-0.39, 0.29) is 6.61 Å². The first kappa shape index (κ1) is 10.3. The molecule has 0 saturated heterocycles. The summed E-state index contributed by atoms with van der Waals surface area (Å²) >= 11 is 0. The van der Waals surface area contributed by atoms with Crippen LogP contribution in [0.1, 0.15) is 18.1 Å². The largest absolute Gasteiger partial charge is 0.486 e. The summed E-state index contributed by atoms with van der Waals surface area (Å²) in [5.74, 6) is 1.70. The first-order valence-corrected chi connectivity index (χ1v) is 5.38. The van der Waals surface area contributed by atoms with E-state index in [1.807, 2.05) is 12.1 Å². The fraction of sp³-hybridized carbons (Fsp3) is 0.500. The van der Waals surface area contributed by atoms with E-state index in [4.69, 9.17) is 14.6 Å². The lowest BCUT2D eigenvalue weighted by Gasteiger charge is -2.22. The molecule has 3 nitrogen and oxygen atoms in total. The lowest BCUT2D eigenvalue weighted by atomic mass is 10.0. The number of hydrogen-bond acceptors (Lipinski definition) is 3. The highest BCUT2D eigenvalue weighted by atomic mass is 16.6. The summed E-state index contributed by atoms with van der Waals surface area (Å²) in [5, 5.41) is 8.97. The van der Waals surface area contributed by atoms with Crippen molar-refractivity contribution in [1.82, 2.24) is 0 Å². The molecule has 0 aromatic heterocycles. The van der Waals surface area contributed by atoms with Gasteiger partial charge in [-0.25, -0.2) is 0 Å². The van der Waals surface area contributed by atoms with Crippen molar-refractivity contribution >= 4 is 0 Å². The van der Waals surface area contributed by atoms with Crippen molar-refractivity contribution in [2.24, 2.45) is 0 Å². The Kier molecular flexibility index (Phi) is 3.11. The number of fused-ring (bicyclic) bond motifs is 1. The maximum atomic E-state index is 8.97. The van der Waals surface area contributed by atoms with Crippen molar-refractivity contribution in [3.05, 3.63) is 23.3 Å². The van der Waals surface area contributed by atoms with Crippen molar-refractivity contribution in [2.75, 3.05) is 19.8 Å². The summed E-state index contributed by atoms with van der Waals surface area (Å²) in [7, 11) is 0. The van der Waals surface area contributed by atoms with Gasteiger partial charge in [-0.2, -0.15) is 0 Å². The van der Waals surface area contributed by atoms with Crippen LogP contribution >= 0.6 is 0 Å². The fourth-order valence-corrected chi connectivity index (χ4v) is 1.96. The minimum atomic E-state index is 0.173. The Morgan fingerprint density at radius 1 is 1.27 bits per heavy atom. The zero-order valence-corrected chi connectivity index (χ0v) is 8.95. The summed E-state index contributed by atoms with van der Waals surface area (Å²) in [6.07, 6.45) is 1.58. The van der Waals surface area contributed by atoms with Gasteiger partial charge in [-0.1, -0.05) is 13.0 Å². The van der Waals surface area contributed by atoms with Gasteiger partial charge in [0.25, 0.3) is 0 Å². The van der Waals surface area contributed by atoms with E-state index in [1.165, 1.54) is 5.56 Å². The van der Waals surface area contributed by atoms with E-state index in [2.05, 4.69) is 6.92 Å². The van der Waals surface area contributed by atoms with Crippen LogP contribution in [0.25, 0.3) is 0 Å². The van der Waals surface area contributed by atoms with Gasteiger partial charge in [-0.05, 0) is 24.5 Å². The van der Waals surface area contributed by atoms with Gasteiger partial charge in [0.05, 0.1) is 0 Å². The minimum Gasteiger partial charge on any atom is -0.486 e. The zero-order chi connectivity index (χ0) is 10.7. The molecule has 1 aromatic rings. The molecule has 1 heterocycles. The summed E-state index contributed by atoms with van der Waals surface area (Å²) in [4.78, 5) is 0. The quantitative estimate of drug-likeness (QED) is 0.819. The van der Waals surface area contributed by atoms with Crippen molar-refractivity contribution < 1.29 is 14.6 Å². The number of aliphatic hydroxyl groups is 1. The molecular weight excluding hydrogens is 192 g/mol. The van der Waals surface area contributed by atoms with Crippen molar-refractivity contribution in [2.45, 2.75) is 19.8 Å². The second-order valence-corrected chi connectivity index (χ2v) is 3.55. The lowest BCUT2D eigenvalue weighted by Crippen LogP contribution is -2.17. The predicted molar refractivity (Wildman–Crippen MR) is 57.6 cm³/mol. The standard InChI is InChI=1S/C12H16O3/c1-2-10-9(5-6-13)3-4-11-12(10)15-8-7-14-11/h3-4,13H,2,5-8H2,1H3. The molecular formula is C12H16O3. The topological polar surface area (TPSA) is 38.7 Å². The van der Waals surface area contributed by atoms with Gasteiger partial charge in [-0.3, -0.25) is 0 Å². The normalized spacial score (nSPS) is 14.0. The molecule has 0 radical (unpaired) electrons. The molecule has 0 atom stereocenters. The maximum Gasteiger partial charge on any atom is 0.164 e. The molecule has 2 rings (SSSR count). The monoisotopic (exact) mass is 208 g/mol. The van der Waals surface area contributed by atoms with Crippen LogP contribution in [-0.2, 0) is 12.8 Å². The molecule has 1 aromatic carbocycles. The van der Waals surface area contributed by atoms with Crippen LogP contribution in [0.4, 0.5) is 0 Å². The molecule has 0 unspecified atom stereocenters. The number of ether oxygens (including phenoxy) is 2. The Labute approximate surface area is 89.6 Å². The van der Waals surface area contributed by atoms with Crippen molar-refractivity contribution in [3.63, 3.8) is 0 Å². The molecule has 1 aliphatic heterocycles. The molecule has 0 fully saturated rings. The second-order valence-electron chi connectivity index (χ2n) is 3.55. The summed E-state index contributed by atoms with van der Waals surface area (Å²) < 4.78 is 11.1. The highest BCUT2D eigenvalue weighted by Crippen LogP contribution is 2.36. The average molecular weight is 208 g/mol. The van der Waals surface area contributed by atoms with E-state index < -0.39 is 0 Å². The Bertz CT molecular complexity index is 347. The van der Waals surface area contributed by atoms with Crippen LogP contribution in [-0.4, -0.2) is 24.9 Å². The van der Waals surface area contributed by atoms with Gasteiger partial charge in [0.15, 0.2) is 11.5 Å². The SMILES string of the molecule is CCc1c(CCO)ccc2c1OCCO2. The predicted octanol–water partition coefficient (Wildman–Crippen LogP) is 1.55. The first-order chi connectivity index (χ1) is 7.36. The van der Waals surface area contributed by atoms with Crippen molar-refractivity contribution in [3.8, 4) is 11.5 Å². The molecule has 15 heavy (non-hydrogen) atoms. The third-order valence-corrected chi connectivity index (χ3v) is 2.64. The Morgan fingerprint density at radius 2 is 2.07 bits per heavy atom. The van der Waals surface area contributed by atoms with Crippen LogP contribution in [0.15, 0.2) is 12.1 Å². The van der Waals surface area contributed by atoms with Crippen LogP contribution < -0.4 is 9.47 Å². The molecule has 0 aliphatic carbocycles. The van der Waals surface area contributed by atoms with Crippen LogP contribution in [0.5, 0.6) is 11.5 Å². The number of hydrogen-bond donors (Lipinski definition) is 1. The van der Waals surface area contributed by atoms with Gasteiger partial charge in [0, 0.05) is 12.2 Å². The lowest BCUT2D eigenvalue weighted by molar-refractivity contribution is 0.169. The maximum absolute atomic E-state index is 8.97. The summed E-state index contributed by atoms with van der Waals surface area (Å²) in [6, 6.07) is 3.95. The molecule has 1 aliphatic rings. The highest BCUT2D eigenvalue weighted by Gasteiger charge is 2.17. The Hall–Kier alpha value is -1.22. The van der Waals surface area contributed by atoms with Gasteiger partial charge < -0.3 is 14.6 Å². The van der Waals surface area contributed by atoms with Crippen LogP contribution in [0, 0.1) is 0 Å². The number of rotatable bonds is 3. The molecule has 0 saturated carbocycles. The minimum absolute atomic E-state index is 0.173. The molecule has 3 heteroatoms. The van der Waals surface area contributed by atoms with Gasteiger partial charge in [-0.15, -0.1) is 0 Å². The van der Waals surface area contributed by atoms with E-state index >= 15 is 0 Å². The van der Waals surface area contributed by atoms with Crippen LogP contribution in [0.3, 0.4) is 0 Å². The average Bonchev–Trinajstić information content (AvgIpc) is 2.29. The Morgan fingerprint density at radius 3 is 2.80 bits per heavy atom. The van der Waals surface area contributed by atoms with E-state index in [9.17, 15) is 0 Å². The number of benzene rings is 1. The van der Waals surface area contributed by atoms with E-state index in [0.717, 1.165) is 23.5 Å². The molecule has 0 bridgehead atoms.